The van der Waals surface area contributed by atoms with Crippen molar-refractivity contribution in [1.82, 2.24) is 0 Å². The maximum absolute atomic E-state index is 11.6. The molecule has 5 heteroatoms. The summed E-state index contributed by atoms with van der Waals surface area (Å²) in [6, 6.07) is 7.29. The third-order valence-corrected chi connectivity index (χ3v) is 3.05. The van der Waals surface area contributed by atoms with Crippen LogP contribution in [0, 0.1) is 0 Å². The van der Waals surface area contributed by atoms with E-state index in [0.29, 0.717) is 18.7 Å². The molecule has 2 amide bonds. The first kappa shape index (κ1) is 12.9. The molecule has 1 saturated heterocycles. The van der Waals surface area contributed by atoms with Gasteiger partial charge in [-0.3, -0.25) is 9.59 Å². The van der Waals surface area contributed by atoms with Crippen molar-refractivity contribution >= 4 is 34.8 Å². The Kier molecular flexibility index (Phi) is 4.20. The summed E-state index contributed by atoms with van der Waals surface area (Å²) in [5, 5.41) is 2.75. The lowest BCUT2D eigenvalue weighted by atomic mass is 10.2. The van der Waals surface area contributed by atoms with Crippen LogP contribution in [0.5, 0.6) is 0 Å². The van der Waals surface area contributed by atoms with Gasteiger partial charge in [0.2, 0.25) is 11.8 Å². The highest BCUT2D eigenvalue weighted by atomic mass is 35.5. The fourth-order valence-corrected chi connectivity index (χ4v) is 2.13. The number of rotatable bonds is 4. The number of halogens is 1. The first-order valence-corrected chi connectivity index (χ1v) is 6.50. The van der Waals surface area contributed by atoms with Crippen molar-refractivity contribution in [3.8, 4) is 0 Å². The van der Waals surface area contributed by atoms with E-state index in [4.69, 9.17) is 11.6 Å². The maximum atomic E-state index is 11.6. The number of carbonyl (C=O) groups is 2. The molecule has 4 nitrogen and oxygen atoms in total. The van der Waals surface area contributed by atoms with Crippen LogP contribution < -0.4 is 10.2 Å². The van der Waals surface area contributed by atoms with Gasteiger partial charge in [-0.2, -0.15) is 0 Å². The van der Waals surface area contributed by atoms with E-state index in [-0.39, 0.29) is 11.8 Å². The van der Waals surface area contributed by atoms with Gasteiger partial charge in [-0.1, -0.05) is 0 Å². The molecule has 1 aromatic carbocycles. The second-order valence-corrected chi connectivity index (χ2v) is 4.56. The highest BCUT2D eigenvalue weighted by molar-refractivity contribution is 6.19. The van der Waals surface area contributed by atoms with Crippen LogP contribution in [0.2, 0.25) is 0 Å². The van der Waals surface area contributed by atoms with Gasteiger partial charge in [0, 0.05) is 36.6 Å². The van der Waals surface area contributed by atoms with Gasteiger partial charge in [0.25, 0.3) is 0 Å². The van der Waals surface area contributed by atoms with Crippen LogP contribution in [0.1, 0.15) is 19.3 Å². The van der Waals surface area contributed by atoms with E-state index < -0.39 is 0 Å². The molecule has 96 valence electrons. The lowest BCUT2D eigenvalue weighted by Gasteiger charge is -2.16. The molecule has 1 heterocycles. The highest BCUT2D eigenvalue weighted by Gasteiger charge is 2.21. The molecule has 0 bridgehead atoms. The van der Waals surface area contributed by atoms with E-state index in [0.717, 1.165) is 24.3 Å². The Morgan fingerprint density at radius 1 is 1.33 bits per heavy atom. The summed E-state index contributed by atoms with van der Waals surface area (Å²) in [7, 11) is 0. The number of benzene rings is 1. The van der Waals surface area contributed by atoms with Crippen molar-refractivity contribution in [3.63, 3.8) is 0 Å². The molecular weight excluding hydrogens is 252 g/mol. The van der Waals surface area contributed by atoms with E-state index >= 15 is 0 Å². The van der Waals surface area contributed by atoms with E-state index in [1.54, 1.807) is 17.0 Å². The molecule has 1 aliphatic rings. The van der Waals surface area contributed by atoms with Gasteiger partial charge in [-0.05, 0) is 30.7 Å². The SMILES string of the molecule is O=C(CCCl)Nc1ccc(N2CCCC2=O)cc1. The molecule has 1 fully saturated rings. The molecule has 0 aromatic heterocycles. The Hall–Kier alpha value is -1.55. The van der Waals surface area contributed by atoms with Crippen LogP contribution in [0.15, 0.2) is 24.3 Å². The molecule has 18 heavy (non-hydrogen) atoms. The van der Waals surface area contributed by atoms with Crippen molar-refractivity contribution < 1.29 is 9.59 Å². The third kappa shape index (κ3) is 3.01. The van der Waals surface area contributed by atoms with Crippen LogP contribution >= 0.6 is 11.6 Å². The smallest absolute Gasteiger partial charge is 0.227 e. The predicted molar refractivity (Wildman–Crippen MR) is 72.0 cm³/mol. The van der Waals surface area contributed by atoms with Gasteiger partial charge in [0.15, 0.2) is 0 Å². The van der Waals surface area contributed by atoms with Crippen LogP contribution in [0.3, 0.4) is 0 Å². The highest BCUT2D eigenvalue weighted by Crippen LogP contribution is 2.22. The average Bonchev–Trinajstić information content (AvgIpc) is 2.77. The average molecular weight is 267 g/mol. The van der Waals surface area contributed by atoms with E-state index in [9.17, 15) is 9.59 Å². The summed E-state index contributed by atoms with van der Waals surface area (Å²) < 4.78 is 0. The molecule has 0 aliphatic carbocycles. The monoisotopic (exact) mass is 266 g/mol. The summed E-state index contributed by atoms with van der Waals surface area (Å²) in [6.45, 7) is 0.775. The Balaban J connectivity index is 2.01. The minimum absolute atomic E-state index is 0.102. The zero-order chi connectivity index (χ0) is 13.0. The van der Waals surface area contributed by atoms with Crippen LogP contribution in [-0.4, -0.2) is 24.2 Å². The number of amides is 2. The van der Waals surface area contributed by atoms with Gasteiger partial charge in [0.1, 0.15) is 0 Å². The molecule has 1 aliphatic heterocycles. The standard InChI is InChI=1S/C13H15ClN2O2/c14-8-7-12(17)15-10-3-5-11(6-4-10)16-9-1-2-13(16)18/h3-6H,1-2,7-9H2,(H,15,17). The largest absolute Gasteiger partial charge is 0.326 e. The van der Waals surface area contributed by atoms with Crippen LogP contribution in [0.4, 0.5) is 11.4 Å². The Morgan fingerprint density at radius 3 is 2.61 bits per heavy atom. The number of carbonyl (C=O) groups excluding carboxylic acids is 2. The number of hydrogen-bond acceptors (Lipinski definition) is 2. The second-order valence-electron chi connectivity index (χ2n) is 4.18. The lowest BCUT2D eigenvalue weighted by Crippen LogP contribution is -2.23. The number of alkyl halides is 1. The quantitative estimate of drug-likeness (QED) is 0.851. The summed E-state index contributed by atoms with van der Waals surface area (Å²) in [5.74, 6) is 0.371. The predicted octanol–water partition coefficient (Wildman–Crippen LogP) is 2.38. The fraction of sp³-hybridized carbons (Fsp3) is 0.385. The molecule has 1 aromatic rings. The first-order valence-electron chi connectivity index (χ1n) is 5.97. The molecule has 2 rings (SSSR count). The Labute approximate surface area is 111 Å². The van der Waals surface area contributed by atoms with Crippen molar-refractivity contribution in [2.45, 2.75) is 19.3 Å². The topological polar surface area (TPSA) is 49.4 Å². The zero-order valence-electron chi connectivity index (χ0n) is 9.99. The number of anilines is 2. The van der Waals surface area contributed by atoms with E-state index in [2.05, 4.69) is 5.32 Å². The molecule has 0 radical (unpaired) electrons. The van der Waals surface area contributed by atoms with Crippen molar-refractivity contribution in [2.75, 3.05) is 22.6 Å². The Bertz CT molecular complexity index is 445. The van der Waals surface area contributed by atoms with Gasteiger partial charge >= 0.3 is 0 Å². The lowest BCUT2D eigenvalue weighted by molar-refractivity contribution is -0.117. The van der Waals surface area contributed by atoms with Crippen molar-refractivity contribution in [3.05, 3.63) is 24.3 Å². The van der Waals surface area contributed by atoms with Crippen molar-refractivity contribution in [1.29, 1.82) is 0 Å². The summed E-state index contributed by atoms with van der Waals surface area (Å²) >= 11 is 5.48. The van der Waals surface area contributed by atoms with Gasteiger partial charge < -0.3 is 10.2 Å². The van der Waals surface area contributed by atoms with E-state index in [1.165, 1.54) is 0 Å². The van der Waals surface area contributed by atoms with Crippen LogP contribution in [0.25, 0.3) is 0 Å². The normalized spacial score (nSPS) is 14.9. The minimum Gasteiger partial charge on any atom is -0.326 e. The summed E-state index contributed by atoms with van der Waals surface area (Å²) in [6.07, 6.45) is 1.83. The zero-order valence-corrected chi connectivity index (χ0v) is 10.7. The van der Waals surface area contributed by atoms with Gasteiger partial charge in [-0.25, -0.2) is 0 Å². The molecule has 1 N–H and O–H groups in total. The second kappa shape index (κ2) is 5.87. The molecular formula is C13H15ClN2O2. The maximum Gasteiger partial charge on any atom is 0.227 e. The van der Waals surface area contributed by atoms with Crippen LogP contribution in [-0.2, 0) is 9.59 Å². The molecule has 0 saturated carbocycles. The Morgan fingerprint density at radius 2 is 2.06 bits per heavy atom. The minimum atomic E-state index is -0.102. The summed E-state index contributed by atoms with van der Waals surface area (Å²) in [4.78, 5) is 24.7. The molecule has 0 atom stereocenters. The van der Waals surface area contributed by atoms with Gasteiger partial charge in [-0.15, -0.1) is 11.6 Å². The number of nitrogens with zero attached hydrogens (tertiary/aromatic N) is 1. The molecule has 0 unspecified atom stereocenters. The van der Waals surface area contributed by atoms with Crippen molar-refractivity contribution in [2.24, 2.45) is 0 Å². The van der Waals surface area contributed by atoms with Gasteiger partial charge in [0.05, 0.1) is 0 Å². The van der Waals surface area contributed by atoms with E-state index in [1.807, 2.05) is 12.1 Å². The molecule has 0 spiro atoms. The fourth-order valence-electron chi connectivity index (χ4n) is 1.96. The summed E-state index contributed by atoms with van der Waals surface area (Å²) in [5.41, 5.74) is 1.60. The number of nitrogens with one attached hydrogen (secondary N) is 1. The first-order chi connectivity index (χ1) is 8.70. The third-order valence-electron chi connectivity index (χ3n) is 2.86. The number of hydrogen-bond donors (Lipinski definition) is 1.